The Morgan fingerprint density at radius 1 is 0.483 bits per heavy atom. The first kappa shape index (κ1) is 19.8. The van der Waals surface area contributed by atoms with Gasteiger partial charge in [-0.1, -0.05) is 96.1 Å². The summed E-state index contributed by atoms with van der Waals surface area (Å²) in [5, 5.41) is 0. The molecule has 0 amide bonds. The van der Waals surface area contributed by atoms with Crippen LogP contribution in [-0.2, 0) is 18.6 Å². The van der Waals surface area contributed by atoms with Gasteiger partial charge in [0.05, 0.1) is 0 Å². The monoisotopic (exact) mass is 411 g/mol. The Hall–Kier alpha value is -2.54. The van der Waals surface area contributed by atoms with Crippen molar-refractivity contribution in [1.29, 1.82) is 0 Å². The molecule has 0 N–H and O–H groups in total. The fourth-order valence-corrected chi connectivity index (χ4v) is 4.70. The minimum Gasteiger partial charge on any atom is -0.0620 e. The van der Waals surface area contributed by atoms with E-state index in [2.05, 4.69) is 106 Å². The predicted octanol–water partition coefficient (Wildman–Crippen LogP) is 7.44. The third-order valence-corrected chi connectivity index (χ3v) is 6.03. The van der Waals surface area contributed by atoms with Crippen LogP contribution in [0.1, 0.15) is 39.3 Å². The van der Waals surface area contributed by atoms with Crippen LogP contribution in [0.2, 0.25) is 0 Å². The molecule has 1 aliphatic carbocycles. The topological polar surface area (TPSA) is 0 Å². The molecule has 0 saturated heterocycles. The summed E-state index contributed by atoms with van der Waals surface area (Å²) in [4.78, 5) is 0. The Bertz CT molecular complexity index is 1200. The maximum Gasteiger partial charge on any atom is 0.0358 e. The third-order valence-electron chi connectivity index (χ3n) is 6.03. The van der Waals surface area contributed by atoms with Crippen molar-refractivity contribution in [2.45, 2.75) is 26.7 Å². The van der Waals surface area contributed by atoms with Crippen LogP contribution in [0.5, 0.6) is 0 Å². The van der Waals surface area contributed by atoms with Crippen LogP contribution in [0, 0.1) is 20.8 Å². The van der Waals surface area contributed by atoms with Gasteiger partial charge in [0.25, 0.3) is 0 Å². The molecule has 0 nitrogen and oxygen atoms in total. The van der Waals surface area contributed by atoms with Gasteiger partial charge in [0.15, 0.2) is 0 Å². The molecule has 1 atom stereocenters. The first-order valence-electron chi connectivity index (χ1n) is 10.00. The molecular formula is C28H24V. The van der Waals surface area contributed by atoms with Crippen LogP contribution in [0.15, 0.2) is 84.9 Å². The second kappa shape index (κ2) is 7.71. The van der Waals surface area contributed by atoms with Crippen LogP contribution in [0.3, 0.4) is 0 Å². The van der Waals surface area contributed by atoms with Crippen molar-refractivity contribution < 1.29 is 18.6 Å². The first-order valence-corrected chi connectivity index (χ1v) is 10.00. The zero-order valence-electron chi connectivity index (χ0n) is 17.1. The maximum atomic E-state index is 2.39. The second-order valence-corrected chi connectivity index (χ2v) is 8.02. The SMILES string of the molecule is Cc1ccc(-c2ccccc2C)c(C2c3ccccc3-c3ccc(C)cc32)c1.[V]. The van der Waals surface area contributed by atoms with Crippen molar-refractivity contribution in [2.24, 2.45) is 0 Å². The van der Waals surface area contributed by atoms with E-state index in [1.165, 1.54) is 55.6 Å². The smallest absolute Gasteiger partial charge is 0.0358 e. The van der Waals surface area contributed by atoms with E-state index in [0.29, 0.717) is 0 Å². The summed E-state index contributed by atoms with van der Waals surface area (Å²) in [7, 11) is 0. The quantitative estimate of drug-likeness (QED) is 0.283. The fraction of sp³-hybridized carbons (Fsp3) is 0.143. The average molecular weight is 411 g/mol. The Balaban J connectivity index is 0.00000205. The van der Waals surface area contributed by atoms with Gasteiger partial charge in [-0.2, -0.15) is 0 Å². The van der Waals surface area contributed by atoms with Crippen LogP contribution < -0.4 is 0 Å². The number of fused-ring (bicyclic) bond motifs is 3. The number of benzene rings is 4. The first-order chi connectivity index (χ1) is 13.6. The van der Waals surface area contributed by atoms with Crippen molar-refractivity contribution in [1.82, 2.24) is 0 Å². The van der Waals surface area contributed by atoms with Gasteiger partial charge in [-0.15, -0.1) is 0 Å². The molecule has 0 saturated carbocycles. The molecular weight excluding hydrogens is 387 g/mol. The summed E-state index contributed by atoms with van der Waals surface area (Å²) in [5.74, 6) is 0.278. The Kier molecular flexibility index (Phi) is 5.25. The molecule has 1 heteroatoms. The van der Waals surface area contributed by atoms with E-state index in [4.69, 9.17) is 0 Å². The van der Waals surface area contributed by atoms with Gasteiger partial charge in [-0.05, 0) is 65.3 Å². The van der Waals surface area contributed by atoms with E-state index in [1.807, 2.05) is 0 Å². The Morgan fingerprint density at radius 2 is 0.966 bits per heavy atom. The van der Waals surface area contributed by atoms with E-state index in [9.17, 15) is 0 Å². The average Bonchev–Trinajstić information content (AvgIpc) is 3.02. The number of aryl methyl sites for hydroxylation is 3. The van der Waals surface area contributed by atoms with E-state index >= 15 is 0 Å². The van der Waals surface area contributed by atoms with Crippen molar-refractivity contribution in [2.75, 3.05) is 0 Å². The molecule has 4 aromatic rings. The van der Waals surface area contributed by atoms with Crippen LogP contribution in [0.25, 0.3) is 22.3 Å². The molecule has 1 aliphatic rings. The summed E-state index contributed by atoms with van der Waals surface area (Å²) < 4.78 is 0. The van der Waals surface area contributed by atoms with Crippen molar-refractivity contribution in [3.63, 3.8) is 0 Å². The standard InChI is InChI=1S/C28H24.V/c1-18-12-14-23(21-9-5-4-8-20(21)3)26(16-18)28-25-11-7-6-10-22(25)24-15-13-19(2)17-27(24)28;/h4-17,28H,1-3H3;. The molecule has 29 heavy (non-hydrogen) atoms. The van der Waals surface area contributed by atoms with Gasteiger partial charge in [0, 0.05) is 24.5 Å². The Morgan fingerprint density at radius 3 is 1.59 bits per heavy atom. The predicted molar refractivity (Wildman–Crippen MR) is 119 cm³/mol. The van der Waals surface area contributed by atoms with E-state index in [1.54, 1.807) is 0 Å². The normalized spacial score (nSPS) is 14.1. The second-order valence-electron chi connectivity index (χ2n) is 8.02. The molecule has 4 aromatic carbocycles. The summed E-state index contributed by atoms with van der Waals surface area (Å²) >= 11 is 0. The minimum absolute atomic E-state index is 0. The third kappa shape index (κ3) is 3.27. The van der Waals surface area contributed by atoms with Gasteiger partial charge in [0.1, 0.15) is 0 Å². The molecule has 141 valence electrons. The van der Waals surface area contributed by atoms with Gasteiger partial charge in [-0.3, -0.25) is 0 Å². The van der Waals surface area contributed by atoms with Gasteiger partial charge < -0.3 is 0 Å². The van der Waals surface area contributed by atoms with Crippen molar-refractivity contribution >= 4 is 0 Å². The number of hydrogen-bond acceptors (Lipinski definition) is 0. The molecule has 0 aromatic heterocycles. The summed E-state index contributed by atoms with van der Waals surface area (Å²) in [6.45, 7) is 6.60. The van der Waals surface area contributed by atoms with Gasteiger partial charge >= 0.3 is 0 Å². The summed E-state index contributed by atoms with van der Waals surface area (Å²) in [6, 6.07) is 31.5. The zero-order valence-corrected chi connectivity index (χ0v) is 18.5. The molecule has 1 radical (unpaired) electrons. The van der Waals surface area contributed by atoms with Crippen LogP contribution in [-0.4, -0.2) is 0 Å². The molecule has 0 heterocycles. The van der Waals surface area contributed by atoms with Crippen molar-refractivity contribution in [3.05, 3.63) is 118 Å². The fourth-order valence-electron chi connectivity index (χ4n) is 4.70. The Labute approximate surface area is 185 Å². The van der Waals surface area contributed by atoms with Crippen LogP contribution in [0.4, 0.5) is 0 Å². The molecule has 5 rings (SSSR count). The van der Waals surface area contributed by atoms with E-state index < -0.39 is 0 Å². The summed E-state index contributed by atoms with van der Waals surface area (Å²) in [6.07, 6.45) is 0. The zero-order chi connectivity index (χ0) is 19.3. The summed E-state index contributed by atoms with van der Waals surface area (Å²) in [5.41, 5.74) is 13.6. The van der Waals surface area contributed by atoms with Gasteiger partial charge in [-0.25, -0.2) is 0 Å². The van der Waals surface area contributed by atoms with E-state index in [-0.39, 0.29) is 24.5 Å². The van der Waals surface area contributed by atoms with Crippen LogP contribution >= 0.6 is 0 Å². The molecule has 0 bridgehead atoms. The maximum absolute atomic E-state index is 2.39. The number of hydrogen-bond donors (Lipinski definition) is 0. The van der Waals surface area contributed by atoms with Crippen molar-refractivity contribution in [3.8, 4) is 22.3 Å². The molecule has 0 spiro atoms. The minimum atomic E-state index is 0. The largest absolute Gasteiger partial charge is 0.0620 e. The number of rotatable bonds is 2. The molecule has 0 fully saturated rings. The van der Waals surface area contributed by atoms with Gasteiger partial charge in [0.2, 0.25) is 0 Å². The van der Waals surface area contributed by atoms with E-state index in [0.717, 1.165) is 0 Å². The molecule has 0 aliphatic heterocycles. The molecule has 1 unspecified atom stereocenters.